The predicted octanol–water partition coefficient (Wildman–Crippen LogP) is 4.88. The van der Waals surface area contributed by atoms with Gasteiger partial charge in [0, 0.05) is 22.3 Å². The smallest absolute Gasteiger partial charge is 0.338 e. The van der Waals surface area contributed by atoms with Gasteiger partial charge in [-0.25, -0.2) is 4.79 Å². The Labute approximate surface area is 205 Å². The van der Waals surface area contributed by atoms with Crippen LogP contribution < -0.4 is 10.6 Å². The van der Waals surface area contributed by atoms with Gasteiger partial charge in [-0.3, -0.25) is 14.4 Å². The van der Waals surface area contributed by atoms with Crippen LogP contribution in [-0.2, 0) is 23.9 Å². The summed E-state index contributed by atoms with van der Waals surface area (Å²) in [7, 11) is 0. The molecule has 2 aromatic rings. The topological polar surface area (TPSA) is 111 Å². The second kappa shape index (κ2) is 13.0. The molecule has 0 radical (unpaired) electrons. The number of hydrogen-bond donors (Lipinski definition) is 2. The van der Waals surface area contributed by atoms with Gasteiger partial charge in [0.15, 0.2) is 6.61 Å². The first kappa shape index (κ1) is 26.3. The van der Waals surface area contributed by atoms with Crippen molar-refractivity contribution in [3.05, 3.63) is 57.0 Å². The summed E-state index contributed by atoms with van der Waals surface area (Å²) in [5, 5.41) is 5.68. The van der Waals surface area contributed by atoms with Crippen molar-refractivity contribution in [2.24, 2.45) is 0 Å². The number of hydrogen-bond acceptors (Lipinski definition) is 6. The Bertz CT molecular complexity index is 1030. The zero-order valence-corrected chi connectivity index (χ0v) is 20.5. The fourth-order valence-electron chi connectivity index (χ4n) is 2.59. The zero-order chi connectivity index (χ0) is 24.4. The van der Waals surface area contributed by atoms with Crippen LogP contribution >= 0.6 is 27.5 Å². The first-order valence-electron chi connectivity index (χ1n) is 10.2. The summed E-state index contributed by atoms with van der Waals surface area (Å²) in [5.41, 5.74) is 2.15. The number of carbonyl (C=O) groups excluding carboxylic acids is 4. The van der Waals surface area contributed by atoms with Crippen molar-refractivity contribution in [2.45, 2.75) is 33.1 Å². The van der Waals surface area contributed by atoms with Crippen molar-refractivity contribution in [1.29, 1.82) is 0 Å². The minimum absolute atomic E-state index is 0.123. The van der Waals surface area contributed by atoms with E-state index in [1.807, 2.05) is 6.92 Å². The molecule has 2 N–H and O–H groups in total. The van der Waals surface area contributed by atoms with Crippen molar-refractivity contribution in [3.63, 3.8) is 0 Å². The number of aryl methyl sites for hydroxylation is 1. The number of ether oxygens (including phenoxy) is 2. The number of rotatable bonds is 10. The molecule has 0 saturated heterocycles. The third-order valence-electron chi connectivity index (χ3n) is 4.30. The van der Waals surface area contributed by atoms with E-state index >= 15 is 0 Å². The van der Waals surface area contributed by atoms with E-state index in [0.717, 1.165) is 12.0 Å². The predicted molar refractivity (Wildman–Crippen MR) is 128 cm³/mol. The van der Waals surface area contributed by atoms with Gasteiger partial charge < -0.3 is 20.1 Å². The molecular weight excluding hydrogens is 516 g/mol. The van der Waals surface area contributed by atoms with Crippen LogP contribution in [0.4, 0.5) is 11.4 Å². The summed E-state index contributed by atoms with van der Waals surface area (Å²) in [6.45, 7) is 3.56. The molecule has 0 heterocycles. The van der Waals surface area contributed by atoms with E-state index in [1.165, 1.54) is 0 Å². The molecule has 0 unspecified atom stereocenters. The summed E-state index contributed by atoms with van der Waals surface area (Å²) >= 11 is 9.32. The number of benzene rings is 2. The third kappa shape index (κ3) is 8.86. The molecule has 0 aliphatic heterocycles. The largest absolute Gasteiger partial charge is 0.462 e. The lowest BCUT2D eigenvalue weighted by Gasteiger charge is -2.10. The molecule has 33 heavy (non-hydrogen) atoms. The normalized spacial score (nSPS) is 10.3. The SMILES string of the molecule is CCCOC(=O)c1ccc(NC(=O)CCC(=O)OCC(=O)Nc2cc(Cl)c(Br)cc2C)cc1. The van der Waals surface area contributed by atoms with E-state index in [0.29, 0.717) is 33.0 Å². The fourth-order valence-corrected chi connectivity index (χ4v) is 3.21. The molecule has 0 atom stereocenters. The van der Waals surface area contributed by atoms with Crippen LogP contribution in [0.15, 0.2) is 40.9 Å². The number of carbonyl (C=O) groups is 4. The molecule has 0 spiro atoms. The Balaban J connectivity index is 1.72. The highest BCUT2D eigenvalue weighted by Gasteiger charge is 2.13. The number of anilines is 2. The van der Waals surface area contributed by atoms with Gasteiger partial charge in [0.2, 0.25) is 5.91 Å². The van der Waals surface area contributed by atoms with Gasteiger partial charge in [-0.2, -0.15) is 0 Å². The van der Waals surface area contributed by atoms with E-state index in [2.05, 4.69) is 26.6 Å². The van der Waals surface area contributed by atoms with Crippen molar-refractivity contribution >= 4 is 62.7 Å². The Morgan fingerprint density at radius 1 is 0.970 bits per heavy atom. The zero-order valence-electron chi connectivity index (χ0n) is 18.2. The van der Waals surface area contributed by atoms with Gasteiger partial charge in [-0.1, -0.05) is 18.5 Å². The second-order valence-corrected chi connectivity index (χ2v) is 8.31. The van der Waals surface area contributed by atoms with Crippen LogP contribution in [0.1, 0.15) is 42.1 Å². The number of halogens is 2. The number of amides is 2. The number of nitrogens with one attached hydrogen (secondary N) is 2. The Hall–Kier alpha value is -2.91. The summed E-state index contributed by atoms with van der Waals surface area (Å²) in [4.78, 5) is 47.7. The lowest BCUT2D eigenvalue weighted by Crippen LogP contribution is -2.22. The molecule has 10 heteroatoms. The lowest BCUT2D eigenvalue weighted by molar-refractivity contribution is -0.147. The van der Waals surface area contributed by atoms with Crippen LogP contribution in [0.3, 0.4) is 0 Å². The molecule has 2 rings (SSSR count). The Kier molecular flexibility index (Phi) is 10.3. The third-order valence-corrected chi connectivity index (χ3v) is 5.50. The van der Waals surface area contributed by atoms with Gasteiger partial charge in [0.25, 0.3) is 5.91 Å². The first-order chi connectivity index (χ1) is 15.7. The molecule has 0 aliphatic rings. The van der Waals surface area contributed by atoms with Gasteiger partial charge in [0.1, 0.15) is 0 Å². The molecule has 0 bridgehead atoms. The van der Waals surface area contributed by atoms with Crippen molar-refractivity contribution < 1.29 is 28.7 Å². The monoisotopic (exact) mass is 538 g/mol. The summed E-state index contributed by atoms with van der Waals surface area (Å²) < 4.78 is 10.7. The van der Waals surface area contributed by atoms with E-state index in [-0.39, 0.29) is 12.8 Å². The summed E-state index contributed by atoms with van der Waals surface area (Å²) in [6.07, 6.45) is 0.415. The highest BCUT2D eigenvalue weighted by Crippen LogP contribution is 2.28. The molecule has 2 amide bonds. The van der Waals surface area contributed by atoms with E-state index < -0.39 is 30.4 Å². The summed E-state index contributed by atoms with van der Waals surface area (Å²) in [6, 6.07) is 9.57. The first-order valence-corrected chi connectivity index (χ1v) is 11.3. The minimum Gasteiger partial charge on any atom is -0.462 e. The number of esters is 2. The van der Waals surface area contributed by atoms with Gasteiger partial charge in [-0.05, 0) is 71.2 Å². The highest BCUT2D eigenvalue weighted by atomic mass is 79.9. The van der Waals surface area contributed by atoms with Crippen molar-refractivity contribution in [3.8, 4) is 0 Å². The maximum absolute atomic E-state index is 12.0. The van der Waals surface area contributed by atoms with Gasteiger partial charge in [-0.15, -0.1) is 0 Å². The summed E-state index contributed by atoms with van der Waals surface area (Å²) in [5.74, 6) is -2.04. The standard InChI is InChI=1S/C23H24BrClN2O6/c1-3-10-32-23(31)15-4-6-16(7-5-15)26-20(28)8-9-22(30)33-13-21(29)27-19-12-18(25)17(24)11-14(19)2/h4-7,11-12H,3,8-10,13H2,1-2H3,(H,26,28)(H,27,29). The van der Waals surface area contributed by atoms with E-state index in [9.17, 15) is 19.2 Å². The van der Waals surface area contributed by atoms with Crippen LogP contribution in [0.2, 0.25) is 5.02 Å². The van der Waals surface area contributed by atoms with Crippen LogP contribution in [-0.4, -0.2) is 37.0 Å². The van der Waals surface area contributed by atoms with Crippen LogP contribution in [0, 0.1) is 6.92 Å². The maximum atomic E-state index is 12.0. The maximum Gasteiger partial charge on any atom is 0.338 e. The molecular formula is C23H24BrClN2O6. The van der Waals surface area contributed by atoms with E-state index in [4.69, 9.17) is 21.1 Å². The van der Waals surface area contributed by atoms with Crippen molar-refractivity contribution in [2.75, 3.05) is 23.8 Å². The molecule has 0 aromatic heterocycles. The quantitative estimate of drug-likeness (QED) is 0.417. The lowest BCUT2D eigenvalue weighted by atomic mass is 10.2. The second-order valence-electron chi connectivity index (χ2n) is 7.05. The Morgan fingerprint density at radius 3 is 2.33 bits per heavy atom. The highest BCUT2D eigenvalue weighted by molar-refractivity contribution is 9.10. The molecule has 176 valence electrons. The Morgan fingerprint density at radius 2 is 1.67 bits per heavy atom. The molecule has 8 nitrogen and oxygen atoms in total. The van der Waals surface area contributed by atoms with Crippen molar-refractivity contribution in [1.82, 2.24) is 0 Å². The van der Waals surface area contributed by atoms with Crippen LogP contribution in [0.5, 0.6) is 0 Å². The molecule has 0 aliphatic carbocycles. The average Bonchev–Trinajstić information content (AvgIpc) is 2.78. The average molecular weight is 540 g/mol. The van der Waals surface area contributed by atoms with E-state index in [1.54, 1.807) is 43.3 Å². The molecule has 0 fully saturated rings. The fraction of sp³-hybridized carbons (Fsp3) is 0.304. The minimum atomic E-state index is -0.681. The van der Waals surface area contributed by atoms with Gasteiger partial charge >= 0.3 is 11.9 Å². The molecule has 0 saturated carbocycles. The van der Waals surface area contributed by atoms with Gasteiger partial charge in [0.05, 0.1) is 23.6 Å². The van der Waals surface area contributed by atoms with Crippen LogP contribution in [0.25, 0.3) is 0 Å². The molecule has 2 aromatic carbocycles.